The van der Waals surface area contributed by atoms with Crippen LogP contribution < -0.4 is 5.32 Å². The molecule has 0 radical (unpaired) electrons. The van der Waals surface area contributed by atoms with E-state index in [1.165, 1.54) is 0 Å². The minimum atomic E-state index is -0.0463. The van der Waals surface area contributed by atoms with E-state index in [2.05, 4.69) is 37.9 Å². The molecule has 2 unspecified atom stereocenters. The van der Waals surface area contributed by atoms with Crippen LogP contribution in [0.1, 0.15) is 34.1 Å². The van der Waals surface area contributed by atoms with Gasteiger partial charge in [-0.1, -0.05) is 0 Å². The van der Waals surface area contributed by atoms with Gasteiger partial charge in [0.05, 0.1) is 0 Å². The summed E-state index contributed by atoms with van der Waals surface area (Å²) in [6, 6.07) is 0.282. The fraction of sp³-hybridized carbons (Fsp3) is 0.923. The van der Waals surface area contributed by atoms with Gasteiger partial charge in [-0.15, -0.1) is 0 Å². The quantitative estimate of drug-likeness (QED) is 0.781. The Hall–Kier alpha value is -0.610. The van der Waals surface area contributed by atoms with Crippen molar-refractivity contribution in [2.24, 2.45) is 0 Å². The molecule has 0 spiro atoms. The van der Waals surface area contributed by atoms with Crippen LogP contribution in [-0.4, -0.2) is 60.5 Å². The highest BCUT2D eigenvalue weighted by atomic mass is 16.2. The number of nitrogens with zero attached hydrogens (tertiary/aromatic N) is 2. The Labute approximate surface area is 105 Å². The van der Waals surface area contributed by atoms with Crippen molar-refractivity contribution < 1.29 is 4.79 Å². The van der Waals surface area contributed by atoms with E-state index >= 15 is 0 Å². The second-order valence-corrected chi connectivity index (χ2v) is 6.02. The van der Waals surface area contributed by atoms with Crippen molar-refractivity contribution in [3.63, 3.8) is 0 Å². The molecule has 1 rings (SSSR count). The molecule has 1 aliphatic rings. The molecular formula is C13H27N3O. The Morgan fingerprint density at radius 3 is 2.47 bits per heavy atom. The number of likely N-dealkylation sites (N-methyl/N-ethyl adjacent to an activating group) is 2. The van der Waals surface area contributed by atoms with E-state index < -0.39 is 0 Å². The van der Waals surface area contributed by atoms with Crippen molar-refractivity contribution in [1.29, 1.82) is 0 Å². The average molecular weight is 241 g/mol. The summed E-state index contributed by atoms with van der Waals surface area (Å²) in [6.07, 6.45) is 1.04. The lowest BCUT2D eigenvalue weighted by Crippen LogP contribution is -2.56. The van der Waals surface area contributed by atoms with Crippen molar-refractivity contribution in [1.82, 2.24) is 15.1 Å². The molecule has 0 saturated carbocycles. The monoisotopic (exact) mass is 241 g/mol. The molecule has 4 heteroatoms. The smallest absolute Gasteiger partial charge is 0.241 e. The van der Waals surface area contributed by atoms with Gasteiger partial charge in [0.25, 0.3) is 0 Å². The molecular weight excluding hydrogens is 214 g/mol. The van der Waals surface area contributed by atoms with Gasteiger partial charge in [-0.05, 0) is 41.2 Å². The SMILES string of the molecule is CNCC1C(=O)N(C)C(C)CCN1C(C)(C)C. The first kappa shape index (κ1) is 14.5. The first-order valence-electron chi connectivity index (χ1n) is 6.47. The molecule has 0 aromatic carbocycles. The van der Waals surface area contributed by atoms with Gasteiger partial charge in [-0.3, -0.25) is 9.69 Å². The first-order chi connectivity index (χ1) is 7.79. The molecule has 0 aromatic heterocycles. The molecule has 17 heavy (non-hydrogen) atoms. The fourth-order valence-electron chi connectivity index (χ4n) is 2.45. The molecule has 1 fully saturated rings. The molecule has 100 valence electrons. The predicted molar refractivity (Wildman–Crippen MR) is 71.0 cm³/mol. The van der Waals surface area contributed by atoms with Crippen molar-refractivity contribution in [2.75, 3.05) is 27.2 Å². The predicted octanol–water partition coefficient (Wildman–Crippen LogP) is 0.926. The van der Waals surface area contributed by atoms with Gasteiger partial charge in [0.1, 0.15) is 6.04 Å². The zero-order chi connectivity index (χ0) is 13.2. The van der Waals surface area contributed by atoms with Gasteiger partial charge in [-0.25, -0.2) is 0 Å². The van der Waals surface area contributed by atoms with Crippen molar-refractivity contribution in [3.8, 4) is 0 Å². The van der Waals surface area contributed by atoms with E-state index in [9.17, 15) is 4.79 Å². The summed E-state index contributed by atoms with van der Waals surface area (Å²) in [5, 5.41) is 3.14. The first-order valence-corrected chi connectivity index (χ1v) is 6.47. The maximum absolute atomic E-state index is 12.4. The van der Waals surface area contributed by atoms with Gasteiger partial charge in [0.2, 0.25) is 5.91 Å². The molecule has 1 heterocycles. The van der Waals surface area contributed by atoms with E-state index in [0.29, 0.717) is 12.6 Å². The zero-order valence-electron chi connectivity index (χ0n) is 12.1. The molecule has 1 N–H and O–H groups in total. The second-order valence-electron chi connectivity index (χ2n) is 6.02. The van der Waals surface area contributed by atoms with Crippen LogP contribution in [0, 0.1) is 0 Å². The number of hydrogen-bond acceptors (Lipinski definition) is 3. The highest BCUT2D eigenvalue weighted by molar-refractivity contribution is 5.82. The molecule has 4 nitrogen and oxygen atoms in total. The van der Waals surface area contributed by atoms with Crippen LogP contribution >= 0.6 is 0 Å². The normalized spacial score (nSPS) is 28.4. The third-order valence-corrected chi connectivity index (χ3v) is 3.72. The summed E-state index contributed by atoms with van der Waals surface area (Å²) in [4.78, 5) is 16.7. The molecule has 1 aliphatic heterocycles. The van der Waals surface area contributed by atoms with E-state index in [1.54, 1.807) is 0 Å². The number of carbonyl (C=O) groups is 1. The Bertz CT molecular complexity index is 272. The van der Waals surface area contributed by atoms with Gasteiger partial charge < -0.3 is 10.2 Å². The molecule has 1 saturated heterocycles. The largest absolute Gasteiger partial charge is 0.342 e. The van der Waals surface area contributed by atoms with E-state index in [-0.39, 0.29) is 17.5 Å². The summed E-state index contributed by atoms with van der Waals surface area (Å²) >= 11 is 0. The number of rotatable bonds is 2. The summed E-state index contributed by atoms with van der Waals surface area (Å²) in [6.45, 7) is 10.4. The lowest BCUT2D eigenvalue weighted by atomic mass is 10.0. The summed E-state index contributed by atoms with van der Waals surface area (Å²) in [7, 11) is 3.82. The maximum Gasteiger partial charge on any atom is 0.241 e. The molecule has 0 aliphatic carbocycles. The van der Waals surface area contributed by atoms with E-state index in [1.807, 2.05) is 19.0 Å². The topological polar surface area (TPSA) is 35.6 Å². The third-order valence-electron chi connectivity index (χ3n) is 3.72. The molecule has 0 bridgehead atoms. The van der Waals surface area contributed by atoms with Crippen LogP contribution in [0.4, 0.5) is 0 Å². The van der Waals surface area contributed by atoms with E-state index in [4.69, 9.17) is 0 Å². The summed E-state index contributed by atoms with van der Waals surface area (Å²) in [5.74, 6) is 0.235. The zero-order valence-corrected chi connectivity index (χ0v) is 12.1. The number of amides is 1. The van der Waals surface area contributed by atoms with E-state index in [0.717, 1.165) is 13.0 Å². The minimum Gasteiger partial charge on any atom is -0.342 e. The fourth-order valence-corrected chi connectivity index (χ4v) is 2.45. The Balaban J connectivity index is 2.98. The Morgan fingerprint density at radius 1 is 1.41 bits per heavy atom. The highest BCUT2D eigenvalue weighted by Crippen LogP contribution is 2.23. The van der Waals surface area contributed by atoms with Gasteiger partial charge >= 0.3 is 0 Å². The molecule has 1 amide bonds. The van der Waals surface area contributed by atoms with Gasteiger partial charge in [0, 0.05) is 31.7 Å². The average Bonchev–Trinajstić information content (AvgIpc) is 2.32. The molecule has 2 atom stereocenters. The Kier molecular flexibility index (Phi) is 4.55. The van der Waals surface area contributed by atoms with Crippen LogP contribution in [0.5, 0.6) is 0 Å². The minimum absolute atomic E-state index is 0.0298. The van der Waals surface area contributed by atoms with Crippen molar-refractivity contribution >= 4 is 5.91 Å². The standard InChI is InChI=1S/C13H27N3O/c1-10-7-8-16(13(2,3)4)11(9-14-5)12(17)15(10)6/h10-11,14H,7-9H2,1-6H3. The second kappa shape index (κ2) is 5.36. The lowest BCUT2D eigenvalue weighted by Gasteiger charge is -2.39. The molecule has 0 aromatic rings. The van der Waals surface area contributed by atoms with Crippen molar-refractivity contribution in [2.45, 2.75) is 51.7 Å². The van der Waals surface area contributed by atoms with Crippen LogP contribution in [0.25, 0.3) is 0 Å². The van der Waals surface area contributed by atoms with Gasteiger partial charge in [-0.2, -0.15) is 0 Å². The number of nitrogens with one attached hydrogen (secondary N) is 1. The van der Waals surface area contributed by atoms with Crippen LogP contribution in [-0.2, 0) is 4.79 Å². The van der Waals surface area contributed by atoms with Gasteiger partial charge in [0.15, 0.2) is 0 Å². The van der Waals surface area contributed by atoms with Crippen LogP contribution in [0.15, 0.2) is 0 Å². The summed E-state index contributed by atoms with van der Waals surface area (Å²) < 4.78 is 0. The van der Waals surface area contributed by atoms with Crippen LogP contribution in [0.3, 0.4) is 0 Å². The Morgan fingerprint density at radius 2 is 2.00 bits per heavy atom. The third kappa shape index (κ3) is 3.19. The highest BCUT2D eigenvalue weighted by Gasteiger charge is 2.38. The number of hydrogen-bond donors (Lipinski definition) is 1. The van der Waals surface area contributed by atoms with Crippen LogP contribution in [0.2, 0.25) is 0 Å². The summed E-state index contributed by atoms with van der Waals surface area (Å²) in [5.41, 5.74) is 0.0298. The number of carbonyl (C=O) groups excluding carboxylic acids is 1. The maximum atomic E-state index is 12.4. The lowest BCUT2D eigenvalue weighted by molar-refractivity contribution is -0.137. The van der Waals surface area contributed by atoms with Crippen molar-refractivity contribution in [3.05, 3.63) is 0 Å².